The van der Waals surface area contributed by atoms with E-state index >= 15 is 0 Å². The Morgan fingerprint density at radius 3 is 2.00 bits per heavy atom. The Kier molecular flexibility index (Phi) is 5.83. The molecule has 0 heterocycles. The third-order valence-electron chi connectivity index (χ3n) is 1.80. The number of aliphatic imine (C=N–C) groups is 2. The summed E-state index contributed by atoms with van der Waals surface area (Å²) in [5.41, 5.74) is 3.93. The fourth-order valence-corrected chi connectivity index (χ4v) is 1.22. The first-order chi connectivity index (χ1) is 6.90. The van der Waals surface area contributed by atoms with Crippen LogP contribution in [0, 0.1) is 5.92 Å². The maximum Gasteiger partial charge on any atom is 0.0866 e. The van der Waals surface area contributed by atoms with E-state index in [-0.39, 0.29) is 0 Å². The van der Waals surface area contributed by atoms with Crippen molar-refractivity contribution in [3.63, 3.8) is 0 Å². The SMILES string of the molecule is C=C(C)C(/N=C\C)=C(\N=C(C)C)C(C)C. The van der Waals surface area contributed by atoms with Gasteiger partial charge in [-0.2, -0.15) is 0 Å². The summed E-state index contributed by atoms with van der Waals surface area (Å²) >= 11 is 0. The Morgan fingerprint density at radius 2 is 1.73 bits per heavy atom. The quantitative estimate of drug-likeness (QED) is 0.490. The summed E-state index contributed by atoms with van der Waals surface area (Å²) in [6, 6.07) is 0. The third kappa shape index (κ3) is 4.73. The molecule has 0 spiro atoms. The summed E-state index contributed by atoms with van der Waals surface area (Å²) in [5.74, 6) is 0.357. The maximum atomic E-state index is 4.54. The molecule has 0 fully saturated rings. The van der Waals surface area contributed by atoms with Crippen molar-refractivity contribution in [3.8, 4) is 0 Å². The van der Waals surface area contributed by atoms with Crippen LogP contribution in [0.5, 0.6) is 0 Å². The molecule has 0 radical (unpaired) electrons. The number of rotatable bonds is 4. The number of hydrogen-bond donors (Lipinski definition) is 0. The summed E-state index contributed by atoms with van der Waals surface area (Å²) < 4.78 is 0. The predicted molar refractivity (Wildman–Crippen MR) is 69.6 cm³/mol. The van der Waals surface area contributed by atoms with Crippen LogP contribution in [-0.4, -0.2) is 11.9 Å². The van der Waals surface area contributed by atoms with Crippen LogP contribution in [-0.2, 0) is 0 Å². The maximum absolute atomic E-state index is 4.54. The molecular weight excluding hydrogens is 184 g/mol. The van der Waals surface area contributed by atoms with Crippen molar-refractivity contribution in [3.05, 3.63) is 23.5 Å². The van der Waals surface area contributed by atoms with Crippen LogP contribution in [0.3, 0.4) is 0 Å². The first-order valence-corrected chi connectivity index (χ1v) is 5.30. The summed E-state index contributed by atoms with van der Waals surface area (Å²) in [6.45, 7) is 16.0. The van der Waals surface area contributed by atoms with Crippen molar-refractivity contribution >= 4 is 11.9 Å². The molecule has 0 aromatic heterocycles. The molecule has 0 amide bonds. The second-order valence-electron chi connectivity index (χ2n) is 4.12. The first kappa shape index (κ1) is 13.8. The van der Waals surface area contributed by atoms with Gasteiger partial charge in [0, 0.05) is 11.9 Å². The van der Waals surface area contributed by atoms with Crippen LogP contribution in [0.1, 0.15) is 41.5 Å². The van der Waals surface area contributed by atoms with Crippen LogP contribution >= 0.6 is 0 Å². The van der Waals surface area contributed by atoms with E-state index in [0.29, 0.717) is 5.92 Å². The van der Waals surface area contributed by atoms with E-state index in [1.165, 1.54) is 0 Å². The van der Waals surface area contributed by atoms with E-state index in [1.54, 1.807) is 6.21 Å². The summed E-state index contributed by atoms with van der Waals surface area (Å²) in [7, 11) is 0. The molecule has 0 aliphatic heterocycles. The molecule has 2 nitrogen and oxygen atoms in total. The van der Waals surface area contributed by atoms with Gasteiger partial charge in [-0.05, 0) is 39.2 Å². The highest BCUT2D eigenvalue weighted by molar-refractivity contribution is 5.80. The van der Waals surface area contributed by atoms with Crippen molar-refractivity contribution in [2.24, 2.45) is 15.9 Å². The molecular formula is C13H22N2. The highest BCUT2D eigenvalue weighted by Gasteiger charge is 2.09. The average Bonchev–Trinajstić information content (AvgIpc) is 2.09. The van der Waals surface area contributed by atoms with Crippen molar-refractivity contribution in [1.82, 2.24) is 0 Å². The molecule has 0 rings (SSSR count). The van der Waals surface area contributed by atoms with Gasteiger partial charge in [-0.3, -0.25) is 9.98 Å². The topological polar surface area (TPSA) is 24.7 Å². The fraction of sp³-hybridized carbons (Fsp3) is 0.538. The largest absolute Gasteiger partial charge is 0.260 e. The Bertz CT molecular complexity index is 313. The van der Waals surface area contributed by atoms with Crippen molar-refractivity contribution in [2.75, 3.05) is 0 Å². The lowest BCUT2D eigenvalue weighted by Gasteiger charge is -2.11. The van der Waals surface area contributed by atoms with Crippen LogP contribution < -0.4 is 0 Å². The van der Waals surface area contributed by atoms with E-state index in [0.717, 1.165) is 22.7 Å². The fourth-order valence-electron chi connectivity index (χ4n) is 1.22. The van der Waals surface area contributed by atoms with Crippen molar-refractivity contribution in [1.29, 1.82) is 0 Å². The second-order valence-corrected chi connectivity index (χ2v) is 4.12. The minimum atomic E-state index is 0.357. The van der Waals surface area contributed by atoms with Gasteiger partial charge in [0.1, 0.15) is 0 Å². The van der Waals surface area contributed by atoms with Gasteiger partial charge in [-0.15, -0.1) is 0 Å². The average molecular weight is 206 g/mol. The van der Waals surface area contributed by atoms with E-state index in [9.17, 15) is 0 Å². The van der Waals surface area contributed by atoms with E-state index < -0.39 is 0 Å². The number of allylic oxidation sites excluding steroid dienone is 2. The second kappa shape index (κ2) is 6.33. The molecule has 0 aliphatic carbocycles. The Balaban J connectivity index is 5.56. The monoisotopic (exact) mass is 206 g/mol. The minimum Gasteiger partial charge on any atom is -0.260 e. The molecule has 2 heteroatoms. The van der Waals surface area contributed by atoms with Gasteiger partial charge >= 0.3 is 0 Å². The van der Waals surface area contributed by atoms with Gasteiger partial charge < -0.3 is 0 Å². The van der Waals surface area contributed by atoms with E-state index in [2.05, 4.69) is 30.4 Å². The molecule has 0 bridgehead atoms. The van der Waals surface area contributed by atoms with Crippen LogP contribution in [0.15, 0.2) is 33.5 Å². The van der Waals surface area contributed by atoms with Gasteiger partial charge in [-0.1, -0.05) is 20.4 Å². The molecule has 0 aliphatic rings. The molecule has 84 valence electrons. The molecule has 0 unspecified atom stereocenters. The van der Waals surface area contributed by atoms with Crippen LogP contribution in [0.2, 0.25) is 0 Å². The molecule has 0 saturated carbocycles. The normalized spacial score (nSPS) is 13.0. The van der Waals surface area contributed by atoms with Crippen LogP contribution in [0.4, 0.5) is 0 Å². The zero-order valence-electron chi connectivity index (χ0n) is 10.8. The lowest BCUT2D eigenvalue weighted by molar-refractivity contribution is 0.744. The Morgan fingerprint density at radius 1 is 1.20 bits per heavy atom. The van der Waals surface area contributed by atoms with E-state index in [4.69, 9.17) is 0 Å². The van der Waals surface area contributed by atoms with Crippen molar-refractivity contribution in [2.45, 2.75) is 41.5 Å². The van der Waals surface area contributed by atoms with E-state index in [1.807, 2.05) is 27.7 Å². The molecule has 0 N–H and O–H groups in total. The Labute approximate surface area is 93.5 Å². The number of hydrogen-bond acceptors (Lipinski definition) is 2. The summed E-state index contributed by atoms with van der Waals surface area (Å²) in [4.78, 5) is 8.88. The molecule has 0 atom stereocenters. The smallest absolute Gasteiger partial charge is 0.0866 e. The lowest BCUT2D eigenvalue weighted by atomic mass is 10.1. The summed E-state index contributed by atoms with van der Waals surface area (Å²) in [5, 5.41) is 0. The molecule has 0 aromatic carbocycles. The van der Waals surface area contributed by atoms with Crippen LogP contribution in [0.25, 0.3) is 0 Å². The first-order valence-electron chi connectivity index (χ1n) is 5.30. The predicted octanol–water partition coefficient (Wildman–Crippen LogP) is 4.00. The molecule has 15 heavy (non-hydrogen) atoms. The lowest BCUT2D eigenvalue weighted by Crippen LogP contribution is -1.99. The Hall–Kier alpha value is -1.18. The number of nitrogens with zero attached hydrogens (tertiary/aromatic N) is 2. The zero-order chi connectivity index (χ0) is 12.0. The van der Waals surface area contributed by atoms with Gasteiger partial charge in [0.05, 0.1) is 11.4 Å². The van der Waals surface area contributed by atoms with Gasteiger partial charge in [0.15, 0.2) is 0 Å². The standard InChI is InChI=1S/C13H22N2/c1-8-14-12(9(2)3)13(10(4)5)15-11(6)7/h8,10H,2H2,1,3-7H3/b13-12+,14-8-. The third-order valence-corrected chi connectivity index (χ3v) is 1.80. The van der Waals surface area contributed by atoms with Gasteiger partial charge in [0.25, 0.3) is 0 Å². The summed E-state index contributed by atoms with van der Waals surface area (Å²) in [6.07, 6.45) is 1.78. The van der Waals surface area contributed by atoms with Gasteiger partial charge in [0.2, 0.25) is 0 Å². The minimum absolute atomic E-state index is 0.357. The van der Waals surface area contributed by atoms with Crippen molar-refractivity contribution < 1.29 is 0 Å². The zero-order valence-corrected chi connectivity index (χ0v) is 10.8. The highest BCUT2D eigenvalue weighted by Crippen LogP contribution is 2.22. The van der Waals surface area contributed by atoms with Gasteiger partial charge in [-0.25, -0.2) is 0 Å². The molecule has 0 aromatic rings. The molecule has 0 saturated heterocycles. The highest BCUT2D eigenvalue weighted by atomic mass is 14.8.